The Kier molecular flexibility index (Phi) is 3.05. The third kappa shape index (κ3) is 1.79. The van der Waals surface area contributed by atoms with Gasteiger partial charge in [0, 0.05) is 23.5 Å². The van der Waals surface area contributed by atoms with Crippen molar-refractivity contribution in [2.24, 2.45) is 0 Å². The number of halogens is 2. The van der Waals surface area contributed by atoms with E-state index in [-0.39, 0.29) is 5.78 Å². The molecular weight excluding hydrogens is 239 g/mol. The van der Waals surface area contributed by atoms with Crippen LogP contribution in [-0.4, -0.2) is 11.5 Å². The smallest absolute Gasteiger partial charge is 0.164 e. The van der Waals surface area contributed by atoms with Crippen molar-refractivity contribution in [3.63, 3.8) is 0 Å². The summed E-state index contributed by atoms with van der Waals surface area (Å²) in [7, 11) is 0. The van der Waals surface area contributed by atoms with Gasteiger partial charge < -0.3 is 0 Å². The topological polar surface area (TPSA) is 17.1 Å². The minimum Gasteiger partial charge on any atom is -0.294 e. The highest BCUT2D eigenvalue weighted by Crippen LogP contribution is 2.34. The lowest BCUT2D eigenvalue weighted by atomic mass is 10.0. The predicted octanol–water partition coefficient (Wildman–Crippen LogP) is 3.81. The van der Waals surface area contributed by atoms with E-state index in [4.69, 9.17) is 23.2 Å². The fourth-order valence-electron chi connectivity index (χ4n) is 1.47. The highest BCUT2D eigenvalue weighted by molar-refractivity contribution is 7.98. The minimum atomic E-state index is 0.170. The molecule has 0 spiro atoms. The summed E-state index contributed by atoms with van der Waals surface area (Å²) in [5.41, 5.74) is 1.64. The maximum absolute atomic E-state index is 11.7. The summed E-state index contributed by atoms with van der Waals surface area (Å²) in [5, 5.41) is 1.06. The first-order chi connectivity index (χ1) is 6.70. The van der Waals surface area contributed by atoms with E-state index in [9.17, 15) is 4.79 Å². The van der Waals surface area contributed by atoms with Gasteiger partial charge in [-0.2, -0.15) is 11.8 Å². The number of rotatable bonds is 0. The van der Waals surface area contributed by atoms with Crippen LogP contribution in [0.25, 0.3) is 0 Å². The third-order valence-corrected chi connectivity index (χ3v) is 4.05. The first-order valence-corrected chi connectivity index (χ1v) is 6.19. The largest absolute Gasteiger partial charge is 0.294 e. The first-order valence-electron chi connectivity index (χ1n) is 4.28. The lowest BCUT2D eigenvalue weighted by Crippen LogP contribution is -2.01. The van der Waals surface area contributed by atoms with Gasteiger partial charge in [0.25, 0.3) is 0 Å². The Morgan fingerprint density at radius 1 is 1.29 bits per heavy atom. The molecule has 0 fully saturated rings. The number of carbonyl (C=O) groups is 1. The molecule has 0 aromatic heterocycles. The zero-order valence-corrected chi connectivity index (χ0v) is 9.68. The summed E-state index contributed by atoms with van der Waals surface area (Å²) in [6.07, 6.45) is 0.593. The summed E-state index contributed by atoms with van der Waals surface area (Å²) in [6.45, 7) is 0. The lowest BCUT2D eigenvalue weighted by Gasteiger charge is -2.07. The average Bonchev–Trinajstić information content (AvgIpc) is 2.35. The number of benzene rings is 1. The first kappa shape index (κ1) is 10.3. The summed E-state index contributed by atoms with van der Waals surface area (Å²) < 4.78 is 0. The van der Waals surface area contributed by atoms with E-state index in [0.717, 1.165) is 22.6 Å². The van der Waals surface area contributed by atoms with Crippen LogP contribution in [0.3, 0.4) is 0 Å². The Hall–Kier alpha value is -0.180. The summed E-state index contributed by atoms with van der Waals surface area (Å²) in [5.74, 6) is 1.81. The van der Waals surface area contributed by atoms with Crippen molar-refractivity contribution in [3.8, 4) is 0 Å². The van der Waals surface area contributed by atoms with E-state index in [1.807, 2.05) is 0 Å². The Bertz CT molecular complexity index is 390. The van der Waals surface area contributed by atoms with E-state index in [1.165, 1.54) is 0 Å². The number of hydrogen-bond donors (Lipinski definition) is 0. The van der Waals surface area contributed by atoms with Gasteiger partial charge in [0.1, 0.15) is 0 Å². The van der Waals surface area contributed by atoms with Gasteiger partial charge in [0.15, 0.2) is 5.78 Å². The number of thioether (sulfide) groups is 1. The second kappa shape index (κ2) is 4.13. The highest BCUT2D eigenvalue weighted by atomic mass is 35.5. The van der Waals surface area contributed by atoms with Gasteiger partial charge in [-0.15, -0.1) is 0 Å². The lowest BCUT2D eigenvalue weighted by molar-refractivity contribution is 0.0989. The molecule has 1 heterocycles. The van der Waals surface area contributed by atoms with Crippen molar-refractivity contribution in [2.75, 3.05) is 5.75 Å². The molecule has 1 aliphatic heterocycles. The van der Waals surface area contributed by atoms with Crippen molar-refractivity contribution in [3.05, 3.63) is 33.3 Å². The number of Topliss-reactive ketones (excluding diaryl/α,β-unsaturated/α-hetero) is 1. The molecule has 14 heavy (non-hydrogen) atoms. The standard InChI is InChI=1S/C10H8Cl2OS/c11-8-2-1-6-7(10(8)12)5-14-4-3-9(6)13/h1-2H,3-5H2. The van der Waals surface area contributed by atoms with Crippen molar-refractivity contribution < 1.29 is 4.79 Å². The second-order valence-corrected chi connectivity index (χ2v) is 5.00. The molecule has 1 aromatic rings. The molecule has 0 bridgehead atoms. The third-order valence-electron chi connectivity index (χ3n) is 2.22. The minimum absolute atomic E-state index is 0.170. The van der Waals surface area contributed by atoms with E-state index in [2.05, 4.69) is 0 Å². The van der Waals surface area contributed by atoms with Crippen molar-refractivity contribution in [1.82, 2.24) is 0 Å². The predicted molar refractivity (Wildman–Crippen MR) is 61.6 cm³/mol. The Labute approximate surface area is 96.8 Å². The molecule has 1 nitrogen and oxygen atoms in total. The van der Waals surface area contributed by atoms with Crippen molar-refractivity contribution in [1.29, 1.82) is 0 Å². The maximum Gasteiger partial charge on any atom is 0.164 e. The van der Waals surface area contributed by atoms with Crippen molar-refractivity contribution in [2.45, 2.75) is 12.2 Å². The van der Waals surface area contributed by atoms with Crippen LogP contribution in [0.4, 0.5) is 0 Å². The van der Waals surface area contributed by atoms with Crippen LogP contribution in [-0.2, 0) is 5.75 Å². The Morgan fingerprint density at radius 2 is 2.07 bits per heavy atom. The Morgan fingerprint density at radius 3 is 2.86 bits per heavy atom. The van der Waals surface area contributed by atoms with Crippen LogP contribution in [0.15, 0.2) is 12.1 Å². The maximum atomic E-state index is 11.7. The van der Waals surface area contributed by atoms with Crippen LogP contribution >= 0.6 is 35.0 Å². The van der Waals surface area contributed by atoms with E-state index in [0.29, 0.717) is 16.5 Å². The fraction of sp³-hybridized carbons (Fsp3) is 0.300. The molecule has 0 amide bonds. The molecule has 0 radical (unpaired) electrons. The zero-order chi connectivity index (χ0) is 10.1. The molecule has 74 valence electrons. The quantitative estimate of drug-likeness (QED) is 0.693. The van der Waals surface area contributed by atoms with Gasteiger partial charge in [0.2, 0.25) is 0 Å². The van der Waals surface area contributed by atoms with Gasteiger partial charge in [-0.05, 0) is 17.7 Å². The van der Waals surface area contributed by atoms with Gasteiger partial charge in [-0.3, -0.25) is 4.79 Å². The number of ketones is 1. The Balaban J connectivity index is 2.58. The molecule has 0 saturated heterocycles. The molecule has 0 aliphatic carbocycles. The molecule has 4 heteroatoms. The fourth-order valence-corrected chi connectivity index (χ4v) is 2.93. The molecule has 0 saturated carbocycles. The normalized spacial score (nSPS) is 16.3. The van der Waals surface area contributed by atoms with Gasteiger partial charge in [-0.25, -0.2) is 0 Å². The average molecular weight is 247 g/mol. The monoisotopic (exact) mass is 246 g/mol. The molecule has 0 atom stereocenters. The number of fused-ring (bicyclic) bond motifs is 1. The van der Waals surface area contributed by atoms with Crippen LogP contribution in [0.2, 0.25) is 10.0 Å². The van der Waals surface area contributed by atoms with Gasteiger partial charge in [0.05, 0.1) is 10.0 Å². The van der Waals surface area contributed by atoms with Crippen molar-refractivity contribution >= 4 is 40.7 Å². The van der Waals surface area contributed by atoms with Crippen LogP contribution < -0.4 is 0 Å². The summed E-state index contributed by atoms with van der Waals surface area (Å²) in [4.78, 5) is 11.7. The number of hydrogen-bond acceptors (Lipinski definition) is 2. The van der Waals surface area contributed by atoms with Gasteiger partial charge in [-0.1, -0.05) is 23.2 Å². The van der Waals surface area contributed by atoms with Crippen LogP contribution in [0, 0.1) is 0 Å². The zero-order valence-electron chi connectivity index (χ0n) is 7.35. The van der Waals surface area contributed by atoms with E-state index in [1.54, 1.807) is 23.9 Å². The molecule has 1 aliphatic rings. The van der Waals surface area contributed by atoms with Gasteiger partial charge >= 0.3 is 0 Å². The molecule has 0 unspecified atom stereocenters. The van der Waals surface area contributed by atoms with Crippen LogP contribution in [0.1, 0.15) is 22.3 Å². The molecule has 0 N–H and O–H groups in total. The van der Waals surface area contributed by atoms with E-state index < -0.39 is 0 Å². The summed E-state index contributed by atoms with van der Waals surface area (Å²) >= 11 is 13.7. The number of carbonyl (C=O) groups excluding carboxylic acids is 1. The van der Waals surface area contributed by atoms with E-state index >= 15 is 0 Å². The van der Waals surface area contributed by atoms with Crippen LogP contribution in [0.5, 0.6) is 0 Å². The molecule has 1 aromatic carbocycles. The molecule has 2 rings (SSSR count). The molecular formula is C10H8Cl2OS. The highest BCUT2D eigenvalue weighted by Gasteiger charge is 2.19. The SMILES string of the molecule is O=C1CCSCc2c1ccc(Cl)c2Cl. The second-order valence-electron chi connectivity index (χ2n) is 3.11. The summed E-state index contributed by atoms with van der Waals surface area (Å²) in [6, 6.07) is 3.47.